The summed E-state index contributed by atoms with van der Waals surface area (Å²) in [4.78, 5) is 4.44. The van der Waals surface area contributed by atoms with Gasteiger partial charge in [-0.05, 0) is 80.1 Å². The molecule has 0 aliphatic rings. The molecule has 0 radical (unpaired) electrons. The Morgan fingerprint density at radius 3 is 2.64 bits per heavy atom. The first kappa shape index (κ1) is 24.3. The molecule has 33 heavy (non-hydrogen) atoms. The summed E-state index contributed by atoms with van der Waals surface area (Å²) < 4.78 is 17.0. The molecule has 0 unspecified atom stereocenters. The normalized spacial score (nSPS) is 11.9. The van der Waals surface area contributed by atoms with Gasteiger partial charge in [-0.25, -0.2) is 9.37 Å². The fourth-order valence-corrected chi connectivity index (χ4v) is 4.10. The van der Waals surface area contributed by atoms with Gasteiger partial charge in [0.2, 0.25) is 0 Å². The van der Waals surface area contributed by atoms with E-state index in [0.717, 1.165) is 70.0 Å². The van der Waals surface area contributed by atoms with Gasteiger partial charge >= 0.3 is 0 Å². The lowest BCUT2D eigenvalue weighted by Gasteiger charge is -2.17. The van der Waals surface area contributed by atoms with Gasteiger partial charge in [-0.2, -0.15) is 0 Å². The third kappa shape index (κ3) is 5.71. The maximum atomic E-state index is 15.0. The van der Waals surface area contributed by atoms with E-state index in [1.165, 1.54) is 6.07 Å². The number of halogens is 1. The van der Waals surface area contributed by atoms with Crippen molar-refractivity contribution in [1.29, 1.82) is 0 Å². The first-order valence-electron chi connectivity index (χ1n) is 11.3. The van der Waals surface area contributed by atoms with Gasteiger partial charge in [0, 0.05) is 48.6 Å². The molecule has 2 heterocycles. The number of pyridine rings is 1. The minimum Gasteiger partial charge on any atom is -0.391 e. The van der Waals surface area contributed by atoms with Crippen LogP contribution in [0, 0.1) is 5.82 Å². The predicted molar refractivity (Wildman–Crippen MR) is 135 cm³/mol. The van der Waals surface area contributed by atoms with E-state index < -0.39 is 0 Å². The van der Waals surface area contributed by atoms with Crippen LogP contribution < -0.4 is 16.4 Å². The van der Waals surface area contributed by atoms with Crippen LogP contribution >= 0.6 is 0 Å². The Morgan fingerprint density at radius 1 is 1.15 bits per heavy atom. The molecule has 3 rings (SSSR count). The Kier molecular flexibility index (Phi) is 8.06. The van der Waals surface area contributed by atoms with Gasteiger partial charge in [-0.15, -0.1) is 0 Å². The Balaban J connectivity index is 1.87. The van der Waals surface area contributed by atoms with Gasteiger partial charge in [-0.1, -0.05) is 25.3 Å². The second kappa shape index (κ2) is 11.0. The van der Waals surface area contributed by atoms with Crippen LogP contribution in [0.1, 0.15) is 37.9 Å². The molecule has 0 fully saturated rings. The first-order valence-corrected chi connectivity index (χ1v) is 11.3. The largest absolute Gasteiger partial charge is 0.391 e. The highest BCUT2D eigenvalue weighted by molar-refractivity contribution is 5.68. The lowest BCUT2D eigenvalue weighted by molar-refractivity contribution is 0.604. The van der Waals surface area contributed by atoms with Crippen molar-refractivity contribution in [1.82, 2.24) is 20.0 Å². The molecule has 3 aromatic rings. The number of allylic oxidation sites excluding steroid dienone is 3. The molecule has 0 aliphatic carbocycles. The van der Waals surface area contributed by atoms with E-state index in [1.54, 1.807) is 6.07 Å². The second-order valence-corrected chi connectivity index (χ2v) is 8.29. The first-order chi connectivity index (χ1) is 15.8. The summed E-state index contributed by atoms with van der Waals surface area (Å²) in [5.41, 5.74) is 14.0. The topological polar surface area (TPSA) is 67.4 Å². The molecular weight excluding hydrogens is 413 g/mol. The van der Waals surface area contributed by atoms with Crippen LogP contribution in [-0.4, -0.2) is 23.0 Å². The lowest BCUT2D eigenvalue weighted by atomic mass is 9.94. The fourth-order valence-electron chi connectivity index (χ4n) is 4.10. The van der Waals surface area contributed by atoms with Crippen LogP contribution in [0.15, 0.2) is 78.5 Å². The van der Waals surface area contributed by atoms with Gasteiger partial charge in [-0.3, -0.25) is 0 Å². The summed E-state index contributed by atoms with van der Waals surface area (Å²) in [6, 6.07) is 9.25. The van der Waals surface area contributed by atoms with Crippen molar-refractivity contribution in [2.75, 3.05) is 13.6 Å². The fraction of sp³-hybridized carbons (Fsp3) is 0.296. The van der Waals surface area contributed by atoms with Gasteiger partial charge in [0.05, 0.1) is 0 Å². The van der Waals surface area contributed by atoms with Crippen molar-refractivity contribution in [2.45, 2.75) is 39.5 Å². The monoisotopic (exact) mass is 447 g/mol. The standard InChI is InChI=1S/C27H34FN5/c1-18(2)32-20(4)23(19(3)30-5)8-6-10-25-24(9-7-11-26(25)28)21-12-13-27-31-16-22(14-15-29)33(27)17-21/h7,9,11-13,16-17,30,32H,1,4,6,8,10,14-15,29H2,2-3,5H3/b23-19-. The molecular formula is C27H34FN5. The average Bonchev–Trinajstić information content (AvgIpc) is 3.18. The average molecular weight is 448 g/mol. The Morgan fingerprint density at radius 2 is 1.94 bits per heavy atom. The maximum Gasteiger partial charge on any atom is 0.136 e. The van der Waals surface area contributed by atoms with E-state index in [0.29, 0.717) is 13.0 Å². The van der Waals surface area contributed by atoms with Gasteiger partial charge in [0.25, 0.3) is 0 Å². The predicted octanol–water partition coefficient (Wildman–Crippen LogP) is 5.09. The summed E-state index contributed by atoms with van der Waals surface area (Å²) in [5, 5.41) is 6.41. The number of nitrogens with two attached hydrogens (primary N) is 1. The van der Waals surface area contributed by atoms with E-state index in [4.69, 9.17) is 5.73 Å². The van der Waals surface area contributed by atoms with Gasteiger partial charge in [0.1, 0.15) is 11.5 Å². The molecule has 6 heteroatoms. The van der Waals surface area contributed by atoms with E-state index in [1.807, 2.05) is 55.9 Å². The quantitative estimate of drug-likeness (QED) is 0.358. The number of imidazole rings is 1. The second-order valence-electron chi connectivity index (χ2n) is 8.29. The zero-order valence-corrected chi connectivity index (χ0v) is 19.8. The summed E-state index contributed by atoms with van der Waals surface area (Å²) in [7, 11) is 1.89. The van der Waals surface area contributed by atoms with E-state index >= 15 is 0 Å². The number of benzene rings is 1. The third-order valence-corrected chi connectivity index (χ3v) is 5.82. The maximum absolute atomic E-state index is 15.0. The molecule has 5 nitrogen and oxygen atoms in total. The SMILES string of the molecule is C=C(C)NC(=C)/C(CCCc1c(F)cccc1-c1ccc2ncc(CCN)n2c1)=C(/C)NC. The van der Waals surface area contributed by atoms with Crippen LogP contribution in [0.2, 0.25) is 0 Å². The van der Waals surface area contributed by atoms with Crippen LogP contribution in [0.3, 0.4) is 0 Å². The number of nitrogens with one attached hydrogen (secondary N) is 2. The molecule has 0 atom stereocenters. The molecule has 174 valence electrons. The summed E-state index contributed by atoms with van der Waals surface area (Å²) in [6.07, 6.45) is 6.78. The van der Waals surface area contributed by atoms with Crippen molar-refractivity contribution in [3.05, 3.63) is 95.6 Å². The molecule has 0 saturated heterocycles. The van der Waals surface area contributed by atoms with Gasteiger partial charge in [0.15, 0.2) is 0 Å². The molecule has 4 N–H and O–H groups in total. The summed E-state index contributed by atoms with van der Waals surface area (Å²) >= 11 is 0. The smallest absolute Gasteiger partial charge is 0.136 e. The summed E-state index contributed by atoms with van der Waals surface area (Å²) in [5.74, 6) is -0.185. The minimum atomic E-state index is -0.185. The molecule has 0 aliphatic heterocycles. The third-order valence-electron chi connectivity index (χ3n) is 5.82. The van der Waals surface area contributed by atoms with Crippen LogP contribution in [0.25, 0.3) is 16.8 Å². The van der Waals surface area contributed by atoms with Crippen LogP contribution in [0.5, 0.6) is 0 Å². The Bertz CT molecular complexity index is 1190. The molecule has 0 saturated carbocycles. The molecule has 0 bridgehead atoms. The van der Waals surface area contributed by atoms with E-state index in [-0.39, 0.29) is 5.82 Å². The van der Waals surface area contributed by atoms with E-state index in [2.05, 4.69) is 28.8 Å². The Hall–Kier alpha value is -3.38. The number of fused-ring (bicyclic) bond motifs is 1. The number of hydrogen-bond acceptors (Lipinski definition) is 4. The minimum absolute atomic E-state index is 0.185. The highest BCUT2D eigenvalue weighted by Gasteiger charge is 2.14. The van der Waals surface area contributed by atoms with Crippen molar-refractivity contribution in [3.63, 3.8) is 0 Å². The highest BCUT2D eigenvalue weighted by Crippen LogP contribution is 2.29. The van der Waals surface area contributed by atoms with Crippen LogP contribution in [0.4, 0.5) is 4.39 Å². The molecule has 2 aromatic heterocycles. The zero-order valence-electron chi connectivity index (χ0n) is 19.8. The number of rotatable bonds is 11. The molecule has 0 amide bonds. The molecule has 0 spiro atoms. The van der Waals surface area contributed by atoms with E-state index in [9.17, 15) is 4.39 Å². The number of nitrogens with zero attached hydrogens (tertiary/aromatic N) is 2. The van der Waals surface area contributed by atoms with Crippen molar-refractivity contribution < 1.29 is 4.39 Å². The van der Waals surface area contributed by atoms with Crippen molar-refractivity contribution >= 4 is 5.65 Å². The highest BCUT2D eigenvalue weighted by atomic mass is 19.1. The zero-order chi connectivity index (χ0) is 24.0. The number of hydrogen-bond donors (Lipinski definition) is 3. The summed E-state index contributed by atoms with van der Waals surface area (Å²) in [6.45, 7) is 12.5. The van der Waals surface area contributed by atoms with Crippen molar-refractivity contribution in [3.8, 4) is 11.1 Å². The van der Waals surface area contributed by atoms with Crippen LogP contribution in [-0.2, 0) is 12.8 Å². The Labute approximate surface area is 195 Å². The lowest BCUT2D eigenvalue weighted by Crippen LogP contribution is -2.16. The molecule has 1 aromatic carbocycles. The van der Waals surface area contributed by atoms with Gasteiger partial charge < -0.3 is 20.8 Å². The van der Waals surface area contributed by atoms with Crippen molar-refractivity contribution in [2.24, 2.45) is 5.73 Å². The number of aromatic nitrogens is 2.